The van der Waals surface area contributed by atoms with Crippen LogP contribution >= 0.6 is 0 Å². The molecule has 2 N–H and O–H groups in total. The molecule has 0 fully saturated rings. The van der Waals surface area contributed by atoms with Crippen molar-refractivity contribution in [2.24, 2.45) is 0 Å². The first kappa shape index (κ1) is 13.1. The molecule has 0 saturated carbocycles. The SMILES string of the molecule is CCOC(=O)C(C)NC(=O)c1n[nH]c2ccccc12. The molecular weight excluding hydrogens is 246 g/mol. The Balaban J connectivity index is 2.14. The Hall–Kier alpha value is -2.37. The van der Waals surface area contributed by atoms with E-state index >= 15 is 0 Å². The van der Waals surface area contributed by atoms with Crippen LogP contribution in [0, 0.1) is 0 Å². The molecule has 1 aromatic heterocycles. The molecule has 2 rings (SSSR count). The highest BCUT2D eigenvalue weighted by molar-refractivity contribution is 6.05. The first-order valence-corrected chi connectivity index (χ1v) is 6.04. The van der Waals surface area contributed by atoms with Crippen molar-refractivity contribution < 1.29 is 14.3 Å². The molecule has 0 aliphatic carbocycles. The quantitative estimate of drug-likeness (QED) is 0.811. The summed E-state index contributed by atoms with van der Waals surface area (Å²) in [7, 11) is 0. The zero-order chi connectivity index (χ0) is 13.8. The van der Waals surface area contributed by atoms with E-state index in [1.165, 1.54) is 0 Å². The van der Waals surface area contributed by atoms with Crippen molar-refractivity contribution >= 4 is 22.8 Å². The maximum atomic E-state index is 12.0. The van der Waals surface area contributed by atoms with Crippen molar-refractivity contribution in [3.05, 3.63) is 30.0 Å². The molecule has 2 aromatic rings. The minimum atomic E-state index is -0.706. The molecule has 1 unspecified atom stereocenters. The van der Waals surface area contributed by atoms with E-state index in [0.717, 1.165) is 10.9 Å². The Morgan fingerprint density at radius 2 is 2.16 bits per heavy atom. The fourth-order valence-electron chi connectivity index (χ4n) is 1.73. The van der Waals surface area contributed by atoms with Crippen LogP contribution in [0.5, 0.6) is 0 Å². The molecular formula is C13H15N3O3. The van der Waals surface area contributed by atoms with Crippen LogP contribution in [0.25, 0.3) is 10.9 Å². The van der Waals surface area contributed by atoms with E-state index in [-0.39, 0.29) is 12.3 Å². The molecule has 19 heavy (non-hydrogen) atoms. The number of rotatable bonds is 4. The van der Waals surface area contributed by atoms with Crippen LogP contribution in [0.1, 0.15) is 24.3 Å². The van der Waals surface area contributed by atoms with Crippen LogP contribution in [-0.4, -0.2) is 34.7 Å². The number of carbonyl (C=O) groups excluding carboxylic acids is 2. The number of H-pyrrole nitrogens is 1. The lowest BCUT2D eigenvalue weighted by molar-refractivity contribution is -0.144. The minimum absolute atomic E-state index is 0.270. The molecule has 1 amide bonds. The van der Waals surface area contributed by atoms with Crippen molar-refractivity contribution in [1.82, 2.24) is 15.5 Å². The largest absolute Gasteiger partial charge is 0.464 e. The standard InChI is InChI=1S/C13H15N3O3/c1-3-19-13(18)8(2)14-12(17)11-9-6-4-5-7-10(9)15-16-11/h4-8H,3H2,1-2H3,(H,14,17)(H,15,16). The number of hydrogen-bond acceptors (Lipinski definition) is 4. The third-order valence-electron chi connectivity index (χ3n) is 2.67. The number of nitrogens with zero attached hydrogens (tertiary/aromatic N) is 1. The number of fused-ring (bicyclic) bond motifs is 1. The normalized spacial score (nSPS) is 12.1. The molecule has 1 atom stereocenters. The van der Waals surface area contributed by atoms with Crippen LogP contribution in [0.4, 0.5) is 0 Å². The van der Waals surface area contributed by atoms with E-state index in [1.54, 1.807) is 19.9 Å². The van der Waals surface area contributed by atoms with Gasteiger partial charge in [-0.1, -0.05) is 18.2 Å². The zero-order valence-corrected chi connectivity index (χ0v) is 10.8. The number of esters is 1. The molecule has 0 spiro atoms. The summed E-state index contributed by atoms with van der Waals surface area (Å²) in [5.74, 6) is -0.867. The predicted molar refractivity (Wildman–Crippen MR) is 69.7 cm³/mol. The van der Waals surface area contributed by atoms with Gasteiger partial charge in [0.1, 0.15) is 6.04 Å². The van der Waals surface area contributed by atoms with Crippen molar-refractivity contribution in [2.75, 3.05) is 6.61 Å². The number of hydrogen-bond donors (Lipinski definition) is 2. The lowest BCUT2D eigenvalue weighted by Gasteiger charge is -2.11. The predicted octanol–water partition coefficient (Wildman–Crippen LogP) is 1.24. The average Bonchev–Trinajstić information content (AvgIpc) is 2.82. The van der Waals surface area contributed by atoms with Crippen LogP contribution in [0.3, 0.4) is 0 Å². The van der Waals surface area contributed by atoms with Crippen LogP contribution < -0.4 is 5.32 Å². The monoisotopic (exact) mass is 261 g/mol. The van der Waals surface area contributed by atoms with Gasteiger partial charge in [-0.25, -0.2) is 4.79 Å². The summed E-state index contributed by atoms with van der Waals surface area (Å²) < 4.78 is 4.83. The smallest absolute Gasteiger partial charge is 0.328 e. The van der Waals surface area contributed by atoms with Crippen LogP contribution in [-0.2, 0) is 9.53 Å². The highest BCUT2D eigenvalue weighted by atomic mass is 16.5. The summed E-state index contributed by atoms with van der Waals surface area (Å²) in [5.41, 5.74) is 1.04. The molecule has 0 aliphatic heterocycles. The minimum Gasteiger partial charge on any atom is -0.464 e. The molecule has 1 aromatic carbocycles. The third-order valence-corrected chi connectivity index (χ3v) is 2.67. The Morgan fingerprint density at radius 1 is 1.42 bits per heavy atom. The van der Waals surface area contributed by atoms with Crippen LogP contribution in [0.15, 0.2) is 24.3 Å². The summed E-state index contributed by atoms with van der Waals surface area (Å²) in [6.07, 6.45) is 0. The van der Waals surface area contributed by atoms with Crippen molar-refractivity contribution in [3.63, 3.8) is 0 Å². The van der Waals surface area contributed by atoms with Gasteiger partial charge >= 0.3 is 5.97 Å². The Morgan fingerprint density at radius 3 is 2.89 bits per heavy atom. The molecule has 0 radical (unpaired) electrons. The topological polar surface area (TPSA) is 84.1 Å². The Labute approximate surface area is 110 Å². The van der Waals surface area contributed by atoms with Gasteiger partial charge in [0.2, 0.25) is 0 Å². The number of aromatic nitrogens is 2. The third kappa shape index (κ3) is 2.73. The summed E-state index contributed by atoms with van der Waals surface area (Å²) >= 11 is 0. The van der Waals surface area contributed by atoms with E-state index in [0.29, 0.717) is 0 Å². The first-order valence-electron chi connectivity index (χ1n) is 6.04. The second kappa shape index (κ2) is 5.51. The van der Waals surface area contributed by atoms with Crippen molar-refractivity contribution in [1.29, 1.82) is 0 Å². The molecule has 1 heterocycles. The Bertz CT molecular complexity index is 606. The van der Waals surface area contributed by atoms with E-state index in [4.69, 9.17) is 4.74 Å². The summed E-state index contributed by atoms with van der Waals surface area (Å²) in [5, 5.41) is 10.0. The number of carbonyl (C=O) groups is 2. The number of para-hydroxylation sites is 1. The van der Waals surface area contributed by atoms with Gasteiger partial charge in [0.25, 0.3) is 5.91 Å². The van der Waals surface area contributed by atoms with Gasteiger partial charge in [0, 0.05) is 5.39 Å². The molecule has 6 heteroatoms. The van der Waals surface area contributed by atoms with Gasteiger partial charge in [-0.2, -0.15) is 5.10 Å². The summed E-state index contributed by atoms with van der Waals surface area (Å²) in [6.45, 7) is 3.57. The molecule has 100 valence electrons. The Kier molecular flexibility index (Phi) is 3.79. The van der Waals surface area contributed by atoms with E-state index in [2.05, 4.69) is 15.5 Å². The van der Waals surface area contributed by atoms with Gasteiger partial charge < -0.3 is 10.1 Å². The number of benzene rings is 1. The van der Waals surface area contributed by atoms with E-state index in [9.17, 15) is 9.59 Å². The van der Waals surface area contributed by atoms with Gasteiger partial charge in [-0.05, 0) is 19.9 Å². The average molecular weight is 261 g/mol. The highest BCUT2D eigenvalue weighted by Crippen LogP contribution is 2.14. The van der Waals surface area contributed by atoms with Gasteiger partial charge in [0.05, 0.1) is 12.1 Å². The lowest BCUT2D eigenvalue weighted by atomic mass is 10.2. The van der Waals surface area contributed by atoms with Gasteiger partial charge in [-0.3, -0.25) is 9.89 Å². The molecule has 0 aliphatic rings. The first-order chi connectivity index (χ1) is 9.13. The zero-order valence-electron chi connectivity index (χ0n) is 10.8. The fourth-order valence-corrected chi connectivity index (χ4v) is 1.73. The van der Waals surface area contributed by atoms with Crippen LogP contribution in [0.2, 0.25) is 0 Å². The maximum Gasteiger partial charge on any atom is 0.328 e. The van der Waals surface area contributed by atoms with Gasteiger partial charge in [-0.15, -0.1) is 0 Å². The number of nitrogens with one attached hydrogen (secondary N) is 2. The highest BCUT2D eigenvalue weighted by Gasteiger charge is 2.20. The van der Waals surface area contributed by atoms with E-state index in [1.807, 2.05) is 18.2 Å². The number of aromatic amines is 1. The van der Waals surface area contributed by atoms with Gasteiger partial charge in [0.15, 0.2) is 5.69 Å². The molecule has 6 nitrogen and oxygen atoms in total. The second-order valence-electron chi connectivity index (χ2n) is 4.06. The molecule has 0 saturated heterocycles. The number of amides is 1. The number of ether oxygens (including phenoxy) is 1. The summed E-state index contributed by atoms with van der Waals surface area (Å²) in [4.78, 5) is 23.5. The van der Waals surface area contributed by atoms with E-state index < -0.39 is 17.9 Å². The maximum absolute atomic E-state index is 12.0. The molecule has 0 bridgehead atoms. The lowest BCUT2D eigenvalue weighted by Crippen LogP contribution is -2.39. The van der Waals surface area contributed by atoms with Crippen molar-refractivity contribution in [3.8, 4) is 0 Å². The summed E-state index contributed by atoms with van der Waals surface area (Å²) in [6, 6.07) is 6.59. The van der Waals surface area contributed by atoms with Crippen molar-refractivity contribution in [2.45, 2.75) is 19.9 Å². The fraction of sp³-hybridized carbons (Fsp3) is 0.308. The second-order valence-corrected chi connectivity index (χ2v) is 4.06.